The van der Waals surface area contributed by atoms with Gasteiger partial charge in [-0.05, 0) is 25.5 Å². The molecule has 16 heavy (non-hydrogen) atoms. The van der Waals surface area contributed by atoms with Gasteiger partial charge in [0.2, 0.25) is 0 Å². The zero-order valence-corrected chi connectivity index (χ0v) is 9.36. The third-order valence-electron chi connectivity index (χ3n) is 2.57. The number of nitrogens with one attached hydrogen (secondary N) is 1. The van der Waals surface area contributed by atoms with Crippen LogP contribution in [-0.4, -0.2) is 21.3 Å². The smallest absolute Gasteiger partial charge is 0.252 e. The number of aromatic nitrogens is 3. The second kappa shape index (κ2) is 4.49. The second-order valence-corrected chi connectivity index (χ2v) is 3.83. The largest absolute Gasteiger partial charge is 0.330 e. The first-order chi connectivity index (χ1) is 7.76. The van der Waals surface area contributed by atoms with Crippen LogP contribution in [0.3, 0.4) is 0 Å². The van der Waals surface area contributed by atoms with E-state index < -0.39 is 0 Å². The van der Waals surface area contributed by atoms with Gasteiger partial charge in [-0.2, -0.15) is 5.10 Å². The Bertz CT molecular complexity index is 540. The molecule has 0 bridgehead atoms. The molecule has 0 fully saturated rings. The lowest BCUT2D eigenvalue weighted by Crippen LogP contribution is -2.17. The van der Waals surface area contributed by atoms with Gasteiger partial charge in [0.05, 0.1) is 6.20 Å². The molecule has 2 rings (SSSR count). The highest BCUT2D eigenvalue weighted by atomic mass is 16.1. The van der Waals surface area contributed by atoms with Crippen LogP contribution in [0.25, 0.3) is 11.0 Å². The Hall–Kier alpha value is -1.62. The first kappa shape index (κ1) is 10.9. The number of aromatic amines is 1. The first-order valence-electron chi connectivity index (χ1n) is 5.54. The van der Waals surface area contributed by atoms with Crippen molar-refractivity contribution in [2.75, 3.05) is 6.54 Å². The SMILES string of the molecule is CCCn1ncc2cc(CCN)c(=O)[nH]c21. The van der Waals surface area contributed by atoms with E-state index in [1.165, 1.54) is 0 Å². The predicted octanol–water partition coefficient (Wildman–Crippen LogP) is 0.636. The van der Waals surface area contributed by atoms with Gasteiger partial charge in [0.25, 0.3) is 5.56 Å². The number of H-pyrrole nitrogens is 1. The number of nitrogens with zero attached hydrogens (tertiary/aromatic N) is 2. The molecule has 2 aromatic heterocycles. The second-order valence-electron chi connectivity index (χ2n) is 3.83. The van der Waals surface area contributed by atoms with Crippen LogP contribution in [-0.2, 0) is 13.0 Å². The Morgan fingerprint density at radius 1 is 1.56 bits per heavy atom. The van der Waals surface area contributed by atoms with E-state index in [1.54, 1.807) is 6.20 Å². The van der Waals surface area contributed by atoms with Gasteiger partial charge in [-0.1, -0.05) is 6.92 Å². The summed E-state index contributed by atoms with van der Waals surface area (Å²) in [7, 11) is 0. The molecule has 5 nitrogen and oxygen atoms in total. The summed E-state index contributed by atoms with van der Waals surface area (Å²) < 4.78 is 1.82. The maximum atomic E-state index is 11.7. The molecule has 86 valence electrons. The third kappa shape index (κ3) is 1.86. The highest BCUT2D eigenvalue weighted by Gasteiger charge is 2.06. The lowest BCUT2D eigenvalue weighted by atomic mass is 10.2. The van der Waals surface area contributed by atoms with Crippen molar-refractivity contribution in [2.24, 2.45) is 5.73 Å². The summed E-state index contributed by atoms with van der Waals surface area (Å²) in [5.74, 6) is 0. The monoisotopic (exact) mass is 220 g/mol. The van der Waals surface area contributed by atoms with E-state index in [0.717, 1.165) is 29.6 Å². The molecule has 0 spiro atoms. The molecule has 0 atom stereocenters. The molecule has 2 aromatic rings. The van der Waals surface area contributed by atoms with Crippen molar-refractivity contribution in [3.05, 3.63) is 28.2 Å². The van der Waals surface area contributed by atoms with Crippen LogP contribution < -0.4 is 11.3 Å². The highest BCUT2D eigenvalue weighted by Crippen LogP contribution is 2.10. The van der Waals surface area contributed by atoms with Gasteiger partial charge in [-0.15, -0.1) is 0 Å². The summed E-state index contributed by atoms with van der Waals surface area (Å²) in [4.78, 5) is 14.6. The standard InChI is InChI=1S/C11H16N4O/c1-2-5-15-10-9(7-13-15)6-8(3-4-12)11(16)14-10/h6-7H,2-5,12H2,1H3,(H,14,16). The Morgan fingerprint density at radius 2 is 2.38 bits per heavy atom. The Balaban J connectivity index is 2.53. The fourth-order valence-corrected chi connectivity index (χ4v) is 1.81. The molecule has 3 N–H and O–H groups in total. The van der Waals surface area contributed by atoms with E-state index in [0.29, 0.717) is 13.0 Å². The lowest BCUT2D eigenvalue weighted by molar-refractivity contribution is 0.616. The van der Waals surface area contributed by atoms with Crippen LogP contribution in [0, 0.1) is 0 Å². The molecule has 0 radical (unpaired) electrons. The van der Waals surface area contributed by atoms with Crippen LogP contribution in [0.4, 0.5) is 0 Å². The highest BCUT2D eigenvalue weighted by molar-refractivity contribution is 5.74. The molecule has 5 heteroatoms. The molecule has 2 heterocycles. The number of nitrogens with two attached hydrogens (primary N) is 1. The predicted molar refractivity (Wildman–Crippen MR) is 63.4 cm³/mol. The molecular formula is C11H16N4O. The van der Waals surface area contributed by atoms with Gasteiger partial charge in [-0.3, -0.25) is 4.79 Å². The number of hydrogen-bond acceptors (Lipinski definition) is 3. The van der Waals surface area contributed by atoms with E-state index in [-0.39, 0.29) is 5.56 Å². The van der Waals surface area contributed by atoms with E-state index in [1.807, 2.05) is 10.7 Å². The van der Waals surface area contributed by atoms with Crippen LogP contribution in [0.1, 0.15) is 18.9 Å². The Labute approximate surface area is 93.3 Å². The van der Waals surface area contributed by atoms with Crippen LogP contribution in [0.15, 0.2) is 17.1 Å². The molecule has 0 aliphatic carbocycles. The van der Waals surface area contributed by atoms with Crippen molar-refractivity contribution in [2.45, 2.75) is 26.3 Å². The summed E-state index contributed by atoms with van der Waals surface area (Å²) in [6, 6.07) is 1.88. The summed E-state index contributed by atoms with van der Waals surface area (Å²) in [5.41, 5.74) is 6.92. The quantitative estimate of drug-likeness (QED) is 0.793. The maximum absolute atomic E-state index is 11.7. The van der Waals surface area contributed by atoms with Crippen molar-refractivity contribution in [3.8, 4) is 0 Å². The summed E-state index contributed by atoms with van der Waals surface area (Å²) in [6.45, 7) is 3.38. The molecule has 0 saturated carbocycles. The van der Waals surface area contributed by atoms with Gasteiger partial charge >= 0.3 is 0 Å². The minimum atomic E-state index is -0.0594. The first-order valence-corrected chi connectivity index (χ1v) is 5.54. The topological polar surface area (TPSA) is 76.7 Å². The van der Waals surface area contributed by atoms with E-state index >= 15 is 0 Å². The molecule has 0 saturated heterocycles. The number of pyridine rings is 1. The van der Waals surface area contributed by atoms with Crippen molar-refractivity contribution >= 4 is 11.0 Å². The van der Waals surface area contributed by atoms with E-state index in [4.69, 9.17) is 5.73 Å². The van der Waals surface area contributed by atoms with E-state index in [9.17, 15) is 4.79 Å². The molecule has 0 aromatic carbocycles. The van der Waals surface area contributed by atoms with Crippen LogP contribution in [0.2, 0.25) is 0 Å². The normalized spacial score (nSPS) is 11.1. The minimum Gasteiger partial charge on any atom is -0.330 e. The molecule has 0 aliphatic rings. The van der Waals surface area contributed by atoms with Crippen molar-refractivity contribution < 1.29 is 0 Å². The van der Waals surface area contributed by atoms with Crippen molar-refractivity contribution in [3.63, 3.8) is 0 Å². The zero-order valence-electron chi connectivity index (χ0n) is 9.36. The number of rotatable bonds is 4. The fourth-order valence-electron chi connectivity index (χ4n) is 1.81. The maximum Gasteiger partial charge on any atom is 0.252 e. The number of aryl methyl sites for hydroxylation is 1. The third-order valence-corrected chi connectivity index (χ3v) is 2.57. The number of fused-ring (bicyclic) bond motifs is 1. The molecule has 0 unspecified atom stereocenters. The van der Waals surface area contributed by atoms with Gasteiger partial charge < -0.3 is 10.7 Å². The van der Waals surface area contributed by atoms with Crippen LogP contribution in [0.5, 0.6) is 0 Å². The van der Waals surface area contributed by atoms with Crippen LogP contribution >= 0.6 is 0 Å². The van der Waals surface area contributed by atoms with Gasteiger partial charge in [0, 0.05) is 17.5 Å². The fraction of sp³-hybridized carbons (Fsp3) is 0.455. The van der Waals surface area contributed by atoms with Crippen molar-refractivity contribution in [1.29, 1.82) is 0 Å². The minimum absolute atomic E-state index is 0.0594. The summed E-state index contributed by atoms with van der Waals surface area (Å²) in [5, 5.41) is 5.21. The molecule has 0 amide bonds. The zero-order chi connectivity index (χ0) is 11.5. The summed E-state index contributed by atoms with van der Waals surface area (Å²) >= 11 is 0. The summed E-state index contributed by atoms with van der Waals surface area (Å²) in [6.07, 6.45) is 3.37. The average Bonchev–Trinajstić information content (AvgIpc) is 2.63. The average molecular weight is 220 g/mol. The van der Waals surface area contributed by atoms with E-state index in [2.05, 4.69) is 17.0 Å². The Kier molecular flexibility index (Phi) is 3.05. The lowest BCUT2D eigenvalue weighted by Gasteiger charge is -2.02. The number of hydrogen-bond donors (Lipinski definition) is 2. The van der Waals surface area contributed by atoms with Gasteiger partial charge in [0.15, 0.2) is 0 Å². The van der Waals surface area contributed by atoms with Gasteiger partial charge in [0.1, 0.15) is 5.65 Å². The Morgan fingerprint density at radius 3 is 3.06 bits per heavy atom. The van der Waals surface area contributed by atoms with Gasteiger partial charge in [-0.25, -0.2) is 4.68 Å². The molecule has 0 aliphatic heterocycles. The van der Waals surface area contributed by atoms with Crippen molar-refractivity contribution in [1.82, 2.24) is 14.8 Å². The molecular weight excluding hydrogens is 204 g/mol.